The van der Waals surface area contributed by atoms with Crippen molar-refractivity contribution >= 4 is 29.3 Å². The summed E-state index contributed by atoms with van der Waals surface area (Å²) in [5, 5.41) is 2.80. The van der Waals surface area contributed by atoms with Gasteiger partial charge in [0, 0.05) is 23.7 Å². The minimum absolute atomic E-state index is 0.207. The van der Waals surface area contributed by atoms with Crippen LogP contribution >= 0.6 is 0 Å². The fourth-order valence-corrected chi connectivity index (χ4v) is 2.74. The van der Waals surface area contributed by atoms with Crippen LogP contribution in [0.4, 0.5) is 10.5 Å². The number of aromatic nitrogens is 2. The molecule has 0 fully saturated rings. The van der Waals surface area contributed by atoms with Gasteiger partial charge in [0.1, 0.15) is 0 Å². The quantitative estimate of drug-likeness (QED) is 0.865. The largest absolute Gasteiger partial charge is 0.449 e. The summed E-state index contributed by atoms with van der Waals surface area (Å²) in [4.78, 5) is 28.5. The number of nitrogens with zero attached hydrogens (tertiary/aromatic N) is 2. The molecule has 0 radical (unpaired) electrons. The number of ether oxygens (including phenoxy) is 1. The molecule has 0 saturated heterocycles. The van der Waals surface area contributed by atoms with Gasteiger partial charge in [-0.1, -0.05) is 0 Å². The average molecular weight is 311 g/mol. The Hall–Kier alpha value is -2.89. The first-order valence-corrected chi connectivity index (χ1v) is 7.36. The molecule has 0 atom stereocenters. The van der Waals surface area contributed by atoms with Gasteiger partial charge < -0.3 is 10.1 Å². The first-order chi connectivity index (χ1) is 11.0. The average Bonchev–Trinajstić information content (AvgIpc) is 2.97. The number of fused-ring (bicyclic) bond motifs is 1. The molecule has 0 aliphatic carbocycles. The van der Waals surface area contributed by atoms with E-state index in [9.17, 15) is 9.59 Å². The van der Waals surface area contributed by atoms with Crippen molar-refractivity contribution in [1.29, 1.82) is 0 Å². The Morgan fingerprint density at radius 2 is 2.22 bits per heavy atom. The van der Waals surface area contributed by atoms with Gasteiger partial charge in [-0.05, 0) is 44.5 Å². The van der Waals surface area contributed by atoms with Crippen molar-refractivity contribution in [2.75, 3.05) is 11.9 Å². The van der Waals surface area contributed by atoms with Crippen molar-refractivity contribution < 1.29 is 14.3 Å². The molecule has 1 aliphatic heterocycles. The Kier molecular flexibility index (Phi) is 3.73. The number of hydrogen-bond donors (Lipinski definition) is 1. The van der Waals surface area contributed by atoms with Crippen LogP contribution in [0.25, 0.3) is 11.6 Å². The molecule has 0 spiro atoms. The van der Waals surface area contributed by atoms with Gasteiger partial charge >= 0.3 is 6.09 Å². The molecule has 3 heterocycles. The zero-order valence-corrected chi connectivity index (χ0v) is 13.2. The number of carbonyl (C=O) groups excluding carboxylic acids is 2. The smallest absolute Gasteiger partial charge is 0.418 e. The summed E-state index contributed by atoms with van der Waals surface area (Å²) in [6.07, 6.45) is 4.52. The van der Waals surface area contributed by atoms with Gasteiger partial charge in [0.15, 0.2) is 0 Å². The molecule has 0 bridgehead atoms. The molecule has 1 amide bonds. The van der Waals surface area contributed by atoms with Crippen molar-refractivity contribution in [3.05, 3.63) is 47.0 Å². The van der Waals surface area contributed by atoms with E-state index in [1.54, 1.807) is 31.5 Å². The highest BCUT2D eigenvalue weighted by Crippen LogP contribution is 2.33. The molecule has 0 unspecified atom stereocenters. The molecule has 3 rings (SSSR count). The lowest BCUT2D eigenvalue weighted by atomic mass is 10.1. The predicted octanol–water partition coefficient (Wildman–Crippen LogP) is 3.00. The SMILES string of the molecule is CCOC(=O)n1c(C)cc(C)c1C=C1C(=O)Nc2ccncc21. The van der Waals surface area contributed by atoms with Crippen LogP contribution < -0.4 is 5.32 Å². The van der Waals surface area contributed by atoms with E-state index in [0.717, 1.165) is 22.5 Å². The minimum atomic E-state index is -0.449. The highest BCUT2D eigenvalue weighted by Gasteiger charge is 2.25. The van der Waals surface area contributed by atoms with Crippen LogP contribution in [0, 0.1) is 13.8 Å². The summed E-state index contributed by atoms with van der Waals surface area (Å²) >= 11 is 0. The number of nitrogens with one attached hydrogen (secondary N) is 1. The normalized spacial score (nSPS) is 14.7. The molecule has 118 valence electrons. The van der Waals surface area contributed by atoms with E-state index < -0.39 is 6.09 Å². The number of rotatable bonds is 2. The summed E-state index contributed by atoms with van der Waals surface area (Å²) in [6.45, 7) is 5.77. The van der Waals surface area contributed by atoms with E-state index in [4.69, 9.17) is 4.74 Å². The first-order valence-electron chi connectivity index (χ1n) is 7.36. The van der Waals surface area contributed by atoms with Gasteiger partial charge in [-0.3, -0.25) is 14.3 Å². The number of carbonyl (C=O) groups is 2. The third kappa shape index (κ3) is 2.52. The molecule has 2 aromatic heterocycles. The maximum absolute atomic E-state index is 12.2. The van der Waals surface area contributed by atoms with Crippen LogP contribution in [0.2, 0.25) is 0 Å². The van der Waals surface area contributed by atoms with Gasteiger partial charge in [-0.15, -0.1) is 0 Å². The highest BCUT2D eigenvalue weighted by atomic mass is 16.5. The summed E-state index contributed by atoms with van der Waals surface area (Å²) in [6, 6.07) is 3.64. The van der Waals surface area contributed by atoms with Gasteiger partial charge in [0.25, 0.3) is 5.91 Å². The van der Waals surface area contributed by atoms with E-state index in [1.807, 2.05) is 19.9 Å². The van der Waals surface area contributed by atoms with E-state index in [1.165, 1.54) is 4.57 Å². The van der Waals surface area contributed by atoms with E-state index in [2.05, 4.69) is 10.3 Å². The molecule has 0 aromatic carbocycles. The van der Waals surface area contributed by atoms with E-state index in [-0.39, 0.29) is 5.91 Å². The lowest BCUT2D eigenvalue weighted by Crippen LogP contribution is -2.16. The van der Waals surface area contributed by atoms with Crippen LogP contribution in [-0.2, 0) is 9.53 Å². The maximum atomic E-state index is 12.2. The molecular formula is C17H17N3O3. The second kappa shape index (κ2) is 5.72. The van der Waals surface area contributed by atoms with Crippen molar-refractivity contribution in [2.24, 2.45) is 0 Å². The number of anilines is 1. The molecule has 23 heavy (non-hydrogen) atoms. The molecule has 6 heteroatoms. The summed E-state index contributed by atoms with van der Waals surface area (Å²) in [5.74, 6) is -0.207. The Bertz CT molecular complexity index is 834. The van der Waals surface area contributed by atoms with Gasteiger partial charge in [-0.25, -0.2) is 4.79 Å². The Balaban J connectivity index is 2.13. The molecular weight excluding hydrogens is 294 g/mol. The monoisotopic (exact) mass is 311 g/mol. The lowest BCUT2D eigenvalue weighted by Gasteiger charge is -2.08. The number of aryl methyl sites for hydroxylation is 2. The van der Waals surface area contributed by atoms with Gasteiger partial charge in [0.2, 0.25) is 0 Å². The molecule has 0 saturated carbocycles. The highest BCUT2D eigenvalue weighted by molar-refractivity contribution is 6.34. The van der Waals surface area contributed by atoms with Crippen molar-refractivity contribution in [1.82, 2.24) is 9.55 Å². The number of pyridine rings is 1. The zero-order chi connectivity index (χ0) is 16.6. The van der Waals surface area contributed by atoms with E-state index >= 15 is 0 Å². The summed E-state index contributed by atoms with van der Waals surface area (Å²) < 4.78 is 6.59. The zero-order valence-electron chi connectivity index (χ0n) is 13.2. The van der Waals surface area contributed by atoms with Crippen molar-refractivity contribution in [2.45, 2.75) is 20.8 Å². The second-order valence-corrected chi connectivity index (χ2v) is 5.32. The van der Waals surface area contributed by atoms with Crippen molar-refractivity contribution in [3.8, 4) is 0 Å². The standard InChI is InChI=1S/C17H17N3O3/c1-4-23-17(22)20-11(3)7-10(2)15(20)8-12-13-9-18-6-5-14(13)19-16(12)21/h5-9H,4H2,1-3H3,(H,19,21). The predicted molar refractivity (Wildman–Crippen MR) is 87.1 cm³/mol. The van der Waals surface area contributed by atoms with Gasteiger partial charge in [0.05, 0.1) is 23.6 Å². The van der Waals surface area contributed by atoms with Gasteiger partial charge in [-0.2, -0.15) is 0 Å². The van der Waals surface area contributed by atoms with Crippen LogP contribution in [0.1, 0.15) is 29.4 Å². The number of hydrogen-bond acceptors (Lipinski definition) is 4. The Morgan fingerprint density at radius 1 is 1.43 bits per heavy atom. The molecule has 2 aromatic rings. The Labute approximate surface area is 133 Å². The first kappa shape index (κ1) is 15.0. The van der Waals surface area contributed by atoms with Crippen LogP contribution in [0.5, 0.6) is 0 Å². The Morgan fingerprint density at radius 3 is 2.96 bits per heavy atom. The summed E-state index contributed by atoms with van der Waals surface area (Å²) in [7, 11) is 0. The molecule has 6 nitrogen and oxygen atoms in total. The third-order valence-electron chi connectivity index (χ3n) is 3.76. The minimum Gasteiger partial charge on any atom is -0.449 e. The van der Waals surface area contributed by atoms with Crippen LogP contribution in [-0.4, -0.2) is 28.2 Å². The fourth-order valence-electron chi connectivity index (χ4n) is 2.74. The van der Waals surface area contributed by atoms with Crippen molar-refractivity contribution in [3.63, 3.8) is 0 Å². The second-order valence-electron chi connectivity index (χ2n) is 5.32. The molecule has 1 N–H and O–H groups in total. The third-order valence-corrected chi connectivity index (χ3v) is 3.76. The maximum Gasteiger partial charge on any atom is 0.418 e. The molecule has 1 aliphatic rings. The topological polar surface area (TPSA) is 73.2 Å². The number of amides is 1. The van der Waals surface area contributed by atoms with Crippen LogP contribution in [0.3, 0.4) is 0 Å². The lowest BCUT2D eigenvalue weighted by molar-refractivity contribution is -0.110. The fraction of sp³-hybridized carbons (Fsp3) is 0.235. The van der Waals surface area contributed by atoms with Crippen LogP contribution in [0.15, 0.2) is 24.5 Å². The summed E-state index contributed by atoms with van der Waals surface area (Å²) in [5.41, 5.74) is 4.24. The van der Waals surface area contributed by atoms with E-state index in [0.29, 0.717) is 17.9 Å².